The van der Waals surface area contributed by atoms with E-state index in [0.717, 1.165) is 5.69 Å². The van der Waals surface area contributed by atoms with Crippen LogP contribution in [-0.4, -0.2) is 25.5 Å². The quantitative estimate of drug-likeness (QED) is 0.821. The molecule has 17 heavy (non-hydrogen) atoms. The van der Waals surface area contributed by atoms with Crippen LogP contribution >= 0.6 is 11.6 Å². The highest BCUT2D eigenvalue weighted by atomic mass is 35.5. The van der Waals surface area contributed by atoms with Crippen LogP contribution in [0.1, 0.15) is 12.0 Å². The fourth-order valence-electron chi connectivity index (χ4n) is 1.87. The lowest BCUT2D eigenvalue weighted by Crippen LogP contribution is -2.28. The lowest BCUT2D eigenvalue weighted by atomic mass is 10.1. The van der Waals surface area contributed by atoms with Gasteiger partial charge in [-0.25, -0.2) is 0 Å². The molecule has 4 nitrogen and oxygen atoms in total. The van der Waals surface area contributed by atoms with Gasteiger partial charge in [0.05, 0.1) is 11.3 Å². The van der Waals surface area contributed by atoms with Gasteiger partial charge in [-0.3, -0.25) is 4.79 Å². The molecule has 1 amide bonds. The van der Waals surface area contributed by atoms with Crippen molar-refractivity contribution in [1.82, 2.24) is 5.32 Å². The van der Waals surface area contributed by atoms with E-state index in [0.29, 0.717) is 36.6 Å². The monoisotopic (exact) mass is 249 g/mol. The number of amides is 1. The highest BCUT2D eigenvalue weighted by molar-refractivity contribution is 6.30. The predicted molar refractivity (Wildman–Crippen MR) is 66.0 cm³/mol. The summed E-state index contributed by atoms with van der Waals surface area (Å²) in [5, 5.41) is 12.5. The minimum absolute atomic E-state index is 0.0491. The number of hydrogen-bond acceptors (Lipinski definition) is 3. The number of benzene rings is 1. The number of halogens is 1. The zero-order chi connectivity index (χ0) is 12.3. The van der Waals surface area contributed by atoms with E-state index in [1.54, 1.807) is 18.2 Å². The van der Waals surface area contributed by atoms with Gasteiger partial charge in [0.1, 0.15) is 6.07 Å². The normalized spacial score (nSPS) is 16.0. The molecule has 5 heteroatoms. The zero-order valence-electron chi connectivity index (χ0n) is 9.24. The lowest BCUT2D eigenvalue weighted by Gasteiger charge is -2.23. The number of anilines is 1. The molecule has 88 valence electrons. The first-order valence-corrected chi connectivity index (χ1v) is 5.80. The summed E-state index contributed by atoms with van der Waals surface area (Å²) in [5.41, 5.74) is 1.39. The summed E-state index contributed by atoms with van der Waals surface area (Å²) in [6.45, 7) is 1.90. The van der Waals surface area contributed by atoms with Crippen LogP contribution < -0.4 is 10.2 Å². The van der Waals surface area contributed by atoms with Crippen LogP contribution in [0.25, 0.3) is 0 Å². The van der Waals surface area contributed by atoms with Gasteiger partial charge in [-0.15, -0.1) is 0 Å². The lowest BCUT2D eigenvalue weighted by molar-refractivity contribution is -0.120. The maximum atomic E-state index is 11.3. The van der Waals surface area contributed by atoms with Crippen molar-refractivity contribution in [1.29, 1.82) is 5.26 Å². The van der Waals surface area contributed by atoms with Crippen LogP contribution in [0, 0.1) is 11.3 Å². The number of nitrogens with one attached hydrogen (secondary N) is 1. The fraction of sp³-hybridized carbons (Fsp3) is 0.333. The third kappa shape index (κ3) is 2.69. The van der Waals surface area contributed by atoms with E-state index >= 15 is 0 Å². The Balaban J connectivity index is 2.29. The predicted octanol–water partition coefficient (Wildman–Crippen LogP) is 1.54. The van der Waals surface area contributed by atoms with Gasteiger partial charge in [-0.1, -0.05) is 11.6 Å². The molecular formula is C12H12ClN3O. The fourth-order valence-corrected chi connectivity index (χ4v) is 2.04. The first-order chi connectivity index (χ1) is 8.20. The Hall–Kier alpha value is -1.73. The number of nitriles is 1. The van der Waals surface area contributed by atoms with Crippen LogP contribution in [0.2, 0.25) is 5.02 Å². The Kier molecular flexibility index (Phi) is 3.50. The third-order valence-corrected chi connectivity index (χ3v) is 2.97. The molecule has 1 heterocycles. The van der Waals surface area contributed by atoms with Crippen molar-refractivity contribution in [3.05, 3.63) is 28.8 Å². The molecule has 0 spiro atoms. The van der Waals surface area contributed by atoms with Crippen molar-refractivity contribution in [2.45, 2.75) is 6.42 Å². The van der Waals surface area contributed by atoms with Gasteiger partial charge in [0.15, 0.2) is 0 Å². The molecule has 0 aromatic heterocycles. The van der Waals surface area contributed by atoms with Crippen molar-refractivity contribution >= 4 is 23.2 Å². The summed E-state index contributed by atoms with van der Waals surface area (Å²) >= 11 is 5.94. The van der Waals surface area contributed by atoms with Crippen molar-refractivity contribution in [2.24, 2.45) is 0 Å². The summed E-state index contributed by atoms with van der Waals surface area (Å²) < 4.78 is 0. The minimum atomic E-state index is 0.0491. The summed E-state index contributed by atoms with van der Waals surface area (Å²) in [4.78, 5) is 13.3. The topological polar surface area (TPSA) is 56.1 Å². The van der Waals surface area contributed by atoms with Gasteiger partial charge in [-0.05, 0) is 18.2 Å². The highest BCUT2D eigenvalue weighted by Gasteiger charge is 2.16. The van der Waals surface area contributed by atoms with Gasteiger partial charge in [0.2, 0.25) is 5.91 Å². The van der Waals surface area contributed by atoms with Crippen molar-refractivity contribution < 1.29 is 4.79 Å². The standard InChI is InChI=1S/C12H12ClN3O/c13-10-2-1-9(8-14)11(7-10)16-5-3-12(17)15-4-6-16/h1-2,7H,3-6H2,(H,15,17). The molecule has 2 rings (SSSR count). The molecule has 1 aromatic carbocycles. The summed E-state index contributed by atoms with van der Waals surface area (Å²) in [6.07, 6.45) is 0.442. The Morgan fingerprint density at radius 1 is 1.41 bits per heavy atom. The molecule has 0 bridgehead atoms. The highest BCUT2D eigenvalue weighted by Crippen LogP contribution is 2.24. The molecule has 1 aliphatic rings. The van der Waals surface area contributed by atoms with Gasteiger partial charge in [-0.2, -0.15) is 5.26 Å². The SMILES string of the molecule is N#Cc1ccc(Cl)cc1N1CCNC(=O)CC1. The average Bonchev–Trinajstić information content (AvgIpc) is 2.54. The molecular weight excluding hydrogens is 238 g/mol. The molecule has 0 saturated carbocycles. The van der Waals surface area contributed by atoms with Crippen LogP contribution in [0.5, 0.6) is 0 Å². The van der Waals surface area contributed by atoms with E-state index in [9.17, 15) is 4.79 Å². The smallest absolute Gasteiger partial charge is 0.221 e. The first kappa shape index (κ1) is 11.7. The van der Waals surface area contributed by atoms with Crippen LogP contribution in [-0.2, 0) is 4.79 Å². The van der Waals surface area contributed by atoms with Gasteiger partial charge in [0.25, 0.3) is 0 Å². The second-order valence-electron chi connectivity index (χ2n) is 3.86. The van der Waals surface area contributed by atoms with Gasteiger partial charge in [0, 0.05) is 31.1 Å². The Labute approximate surface area is 105 Å². The Morgan fingerprint density at radius 2 is 2.24 bits per heavy atom. The third-order valence-electron chi connectivity index (χ3n) is 2.73. The largest absolute Gasteiger partial charge is 0.368 e. The molecule has 1 aromatic rings. The maximum absolute atomic E-state index is 11.3. The molecule has 0 radical (unpaired) electrons. The van der Waals surface area contributed by atoms with Crippen LogP contribution in [0.4, 0.5) is 5.69 Å². The van der Waals surface area contributed by atoms with E-state index in [1.165, 1.54) is 0 Å². The molecule has 1 N–H and O–H groups in total. The zero-order valence-corrected chi connectivity index (χ0v) is 10.00. The van der Waals surface area contributed by atoms with Gasteiger partial charge < -0.3 is 10.2 Å². The summed E-state index contributed by atoms with van der Waals surface area (Å²) in [6, 6.07) is 7.33. The number of nitrogens with zero attached hydrogens (tertiary/aromatic N) is 2. The molecule has 1 saturated heterocycles. The second kappa shape index (κ2) is 5.07. The van der Waals surface area contributed by atoms with Crippen molar-refractivity contribution in [3.63, 3.8) is 0 Å². The average molecular weight is 250 g/mol. The van der Waals surface area contributed by atoms with E-state index in [2.05, 4.69) is 11.4 Å². The maximum Gasteiger partial charge on any atom is 0.221 e. The molecule has 0 unspecified atom stereocenters. The van der Waals surface area contributed by atoms with Crippen LogP contribution in [0.3, 0.4) is 0 Å². The summed E-state index contributed by atoms with van der Waals surface area (Å²) in [7, 11) is 0. The van der Waals surface area contributed by atoms with E-state index in [4.69, 9.17) is 16.9 Å². The number of carbonyl (C=O) groups excluding carboxylic acids is 1. The van der Waals surface area contributed by atoms with Crippen LogP contribution in [0.15, 0.2) is 18.2 Å². The number of rotatable bonds is 1. The van der Waals surface area contributed by atoms with Gasteiger partial charge >= 0.3 is 0 Å². The van der Waals surface area contributed by atoms with Crippen molar-refractivity contribution in [3.8, 4) is 6.07 Å². The second-order valence-corrected chi connectivity index (χ2v) is 4.30. The Bertz CT molecular complexity index is 481. The number of carbonyl (C=O) groups is 1. The van der Waals surface area contributed by atoms with E-state index in [1.807, 2.05) is 4.90 Å². The van der Waals surface area contributed by atoms with Crippen molar-refractivity contribution in [2.75, 3.05) is 24.5 Å². The molecule has 1 fully saturated rings. The number of hydrogen-bond donors (Lipinski definition) is 1. The Morgan fingerprint density at radius 3 is 3.00 bits per heavy atom. The molecule has 1 aliphatic heterocycles. The molecule has 0 atom stereocenters. The van der Waals surface area contributed by atoms with E-state index < -0.39 is 0 Å². The molecule has 0 aliphatic carbocycles. The first-order valence-electron chi connectivity index (χ1n) is 5.42. The summed E-state index contributed by atoms with van der Waals surface area (Å²) in [5.74, 6) is 0.0491. The van der Waals surface area contributed by atoms with E-state index in [-0.39, 0.29) is 5.91 Å². The minimum Gasteiger partial charge on any atom is -0.368 e.